The molecule has 110 valence electrons. The standard InChI is InChI=1S/C16H29NO2/c1-15(2,3)11-13-7-6-10-17(13)14(18)12-16(19)8-4-5-9-16/h13,19H,4-12H2,1-3H3. The SMILES string of the molecule is CC(C)(C)CC1CCCN1C(=O)CC1(O)CCCC1. The fourth-order valence-corrected chi connectivity index (χ4v) is 3.68. The van der Waals surface area contributed by atoms with E-state index in [1.165, 1.54) is 0 Å². The Morgan fingerprint density at radius 2 is 1.89 bits per heavy atom. The molecule has 0 aromatic carbocycles. The molecule has 2 rings (SSSR count). The van der Waals surface area contributed by atoms with E-state index in [0.717, 1.165) is 51.5 Å². The summed E-state index contributed by atoms with van der Waals surface area (Å²) in [5, 5.41) is 10.4. The molecule has 1 saturated heterocycles. The number of carbonyl (C=O) groups is 1. The Labute approximate surface area is 117 Å². The molecule has 1 atom stereocenters. The molecule has 2 fully saturated rings. The highest BCUT2D eigenvalue weighted by molar-refractivity contribution is 5.78. The van der Waals surface area contributed by atoms with E-state index in [1.807, 2.05) is 4.90 Å². The molecular weight excluding hydrogens is 238 g/mol. The van der Waals surface area contributed by atoms with Crippen LogP contribution in [0.1, 0.15) is 72.1 Å². The van der Waals surface area contributed by atoms with Crippen LogP contribution in [0.15, 0.2) is 0 Å². The van der Waals surface area contributed by atoms with Crippen molar-refractivity contribution in [3.63, 3.8) is 0 Å². The lowest BCUT2D eigenvalue weighted by Gasteiger charge is -2.32. The van der Waals surface area contributed by atoms with Crippen LogP contribution in [0.3, 0.4) is 0 Å². The second-order valence-corrected chi connectivity index (χ2v) is 7.76. The summed E-state index contributed by atoms with van der Waals surface area (Å²) in [4.78, 5) is 14.5. The number of nitrogens with zero attached hydrogens (tertiary/aromatic N) is 1. The van der Waals surface area contributed by atoms with Gasteiger partial charge in [-0.15, -0.1) is 0 Å². The first-order chi connectivity index (χ1) is 8.79. The minimum Gasteiger partial charge on any atom is -0.389 e. The topological polar surface area (TPSA) is 40.5 Å². The van der Waals surface area contributed by atoms with Gasteiger partial charge in [-0.3, -0.25) is 4.79 Å². The second kappa shape index (κ2) is 5.43. The van der Waals surface area contributed by atoms with E-state index in [0.29, 0.717) is 12.5 Å². The summed E-state index contributed by atoms with van der Waals surface area (Å²) in [5.74, 6) is 0.177. The summed E-state index contributed by atoms with van der Waals surface area (Å²) in [6, 6.07) is 0.387. The van der Waals surface area contributed by atoms with E-state index >= 15 is 0 Å². The first-order valence-corrected chi connectivity index (χ1v) is 7.81. The molecule has 0 aromatic rings. The molecule has 1 aliphatic heterocycles. The Kier molecular flexibility index (Phi) is 4.24. The molecule has 1 heterocycles. The van der Waals surface area contributed by atoms with Gasteiger partial charge >= 0.3 is 0 Å². The Bertz CT molecular complexity index is 326. The molecule has 0 spiro atoms. The first kappa shape index (κ1) is 14.8. The van der Waals surface area contributed by atoms with E-state index in [2.05, 4.69) is 20.8 Å². The zero-order chi connectivity index (χ0) is 14.1. The van der Waals surface area contributed by atoms with Crippen LogP contribution in [0.25, 0.3) is 0 Å². The molecule has 3 heteroatoms. The van der Waals surface area contributed by atoms with Crippen LogP contribution >= 0.6 is 0 Å². The highest BCUT2D eigenvalue weighted by Crippen LogP contribution is 2.35. The number of rotatable bonds is 3. The first-order valence-electron chi connectivity index (χ1n) is 7.81. The number of hydrogen-bond acceptors (Lipinski definition) is 2. The van der Waals surface area contributed by atoms with Crippen molar-refractivity contribution >= 4 is 5.91 Å². The molecule has 1 amide bonds. The quantitative estimate of drug-likeness (QED) is 0.853. The van der Waals surface area contributed by atoms with Gasteiger partial charge in [0.1, 0.15) is 0 Å². The summed E-state index contributed by atoms with van der Waals surface area (Å²) in [6.07, 6.45) is 7.38. The number of amides is 1. The smallest absolute Gasteiger partial charge is 0.225 e. The number of hydrogen-bond donors (Lipinski definition) is 1. The van der Waals surface area contributed by atoms with Gasteiger partial charge in [0.05, 0.1) is 12.0 Å². The number of likely N-dealkylation sites (tertiary alicyclic amines) is 1. The average molecular weight is 267 g/mol. The molecule has 1 saturated carbocycles. The van der Waals surface area contributed by atoms with E-state index in [-0.39, 0.29) is 11.3 Å². The Balaban J connectivity index is 1.94. The molecule has 0 bridgehead atoms. The molecule has 1 unspecified atom stereocenters. The van der Waals surface area contributed by atoms with E-state index in [1.54, 1.807) is 0 Å². The third-order valence-corrected chi connectivity index (χ3v) is 4.56. The molecule has 1 aliphatic carbocycles. The van der Waals surface area contributed by atoms with Gasteiger partial charge in [-0.1, -0.05) is 33.6 Å². The lowest BCUT2D eigenvalue weighted by atomic mass is 9.87. The molecule has 1 N–H and O–H groups in total. The summed E-state index contributed by atoms with van der Waals surface area (Å²) < 4.78 is 0. The Morgan fingerprint density at radius 1 is 1.26 bits per heavy atom. The number of carbonyl (C=O) groups excluding carboxylic acids is 1. The maximum atomic E-state index is 12.5. The van der Waals surface area contributed by atoms with Gasteiger partial charge in [0.2, 0.25) is 5.91 Å². The normalized spacial score (nSPS) is 26.9. The van der Waals surface area contributed by atoms with Crippen LogP contribution in [0.2, 0.25) is 0 Å². The van der Waals surface area contributed by atoms with Crippen molar-refractivity contribution in [3.05, 3.63) is 0 Å². The van der Waals surface area contributed by atoms with E-state index < -0.39 is 5.60 Å². The van der Waals surface area contributed by atoms with Crippen LogP contribution in [0, 0.1) is 5.41 Å². The highest BCUT2D eigenvalue weighted by Gasteiger charge is 2.38. The van der Waals surface area contributed by atoms with Gasteiger partial charge in [0, 0.05) is 12.6 Å². The van der Waals surface area contributed by atoms with Crippen molar-refractivity contribution in [2.75, 3.05) is 6.54 Å². The average Bonchev–Trinajstić information content (AvgIpc) is 2.85. The fourth-order valence-electron chi connectivity index (χ4n) is 3.68. The Hall–Kier alpha value is -0.570. The van der Waals surface area contributed by atoms with E-state index in [9.17, 15) is 9.90 Å². The van der Waals surface area contributed by atoms with Crippen molar-refractivity contribution in [1.29, 1.82) is 0 Å². The molecule has 2 aliphatic rings. The zero-order valence-corrected chi connectivity index (χ0v) is 12.7. The lowest BCUT2D eigenvalue weighted by Crippen LogP contribution is -2.41. The van der Waals surface area contributed by atoms with Gasteiger partial charge in [0.15, 0.2) is 0 Å². The van der Waals surface area contributed by atoms with Gasteiger partial charge in [-0.2, -0.15) is 0 Å². The lowest BCUT2D eigenvalue weighted by molar-refractivity contribution is -0.137. The van der Waals surface area contributed by atoms with Crippen LogP contribution in [0.5, 0.6) is 0 Å². The minimum absolute atomic E-state index is 0.177. The molecule has 0 aromatic heterocycles. The van der Waals surface area contributed by atoms with Crippen LogP contribution in [-0.2, 0) is 4.79 Å². The molecule has 3 nitrogen and oxygen atoms in total. The van der Waals surface area contributed by atoms with Gasteiger partial charge in [-0.05, 0) is 37.5 Å². The maximum Gasteiger partial charge on any atom is 0.225 e. The van der Waals surface area contributed by atoms with Gasteiger partial charge < -0.3 is 10.0 Å². The summed E-state index contributed by atoms with van der Waals surface area (Å²) in [5.41, 5.74) is -0.441. The van der Waals surface area contributed by atoms with Crippen molar-refractivity contribution in [2.45, 2.75) is 83.8 Å². The monoisotopic (exact) mass is 267 g/mol. The van der Waals surface area contributed by atoms with Crippen LogP contribution < -0.4 is 0 Å². The fraction of sp³-hybridized carbons (Fsp3) is 0.938. The highest BCUT2D eigenvalue weighted by atomic mass is 16.3. The Morgan fingerprint density at radius 3 is 2.47 bits per heavy atom. The van der Waals surface area contributed by atoms with Crippen molar-refractivity contribution in [2.24, 2.45) is 5.41 Å². The van der Waals surface area contributed by atoms with Gasteiger partial charge in [0.25, 0.3) is 0 Å². The molecule has 19 heavy (non-hydrogen) atoms. The van der Waals surface area contributed by atoms with Crippen LogP contribution in [-0.4, -0.2) is 34.1 Å². The van der Waals surface area contributed by atoms with Crippen molar-refractivity contribution in [3.8, 4) is 0 Å². The maximum absolute atomic E-state index is 12.5. The molecule has 0 radical (unpaired) electrons. The largest absolute Gasteiger partial charge is 0.389 e. The van der Waals surface area contributed by atoms with E-state index in [4.69, 9.17) is 0 Å². The third kappa shape index (κ3) is 3.95. The molecular formula is C16H29NO2. The predicted molar refractivity (Wildman–Crippen MR) is 76.8 cm³/mol. The minimum atomic E-state index is -0.702. The summed E-state index contributed by atoms with van der Waals surface area (Å²) in [6.45, 7) is 7.59. The predicted octanol–water partition coefficient (Wildman–Crippen LogP) is 3.11. The van der Waals surface area contributed by atoms with Crippen LogP contribution in [0.4, 0.5) is 0 Å². The third-order valence-electron chi connectivity index (χ3n) is 4.56. The van der Waals surface area contributed by atoms with Crippen molar-refractivity contribution in [1.82, 2.24) is 4.90 Å². The number of aliphatic hydroxyl groups is 1. The zero-order valence-electron chi connectivity index (χ0n) is 12.7. The second-order valence-electron chi connectivity index (χ2n) is 7.76. The van der Waals surface area contributed by atoms with Gasteiger partial charge in [-0.25, -0.2) is 0 Å². The summed E-state index contributed by atoms with van der Waals surface area (Å²) >= 11 is 0. The van der Waals surface area contributed by atoms with Crippen molar-refractivity contribution < 1.29 is 9.90 Å². The summed E-state index contributed by atoms with van der Waals surface area (Å²) in [7, 11) is 0.